The SMILES string of the molecule is c1ccc(-n2ccc3cc4c5ccc6ccccc6c5n(-c5ccnc(-c6cccnc6)n5)c4cc32)cc1. The monoisotopic (exact) mass is 487 g/mol. The number of benzene rings is 4. The number of rotatable bonds is 3. The molecule has 5 nitrogen and oxygen atoms in total. The number of hydrogen-bond donors (Lipinski definition) is 0. The molecule has 0 saturated carbocycles. The van der Waals surface area contributed by atoms with Gasteiger partial charge >= 0.3 is 0 Å². The van der Waals surface area contributed by atoms with Gasteiger partial charge in [-0.05, 0) is 53.9 Å². The number of pyridine rings is 1. The van der Waals surface area contributed by atoms with Crippen LogP contribution < -0.4 is 0 Å². The highest BCUT2D eigenvalue weighted by Gasteiger charge is 2.18. The molecular weight excluding hydrogens is 466 g/mol. The van der Waals surface area contributed by atoms with Gasteiger partial charge < -0.3 is 4.57 Å². The van der Waals surface area contributed by atoms with Crippen molar-refractivity contribution in [3.05, 3.63) is 128 Å². The average molecular weight is 488 g/mol. The lowest BCUT2D eigenvalue weighted by molar-refractivity contribution is 1.04. The number of para-hydroxylation sites is 1. The summed E-state index contributed by atoms with van der Waals surface area (Å²) in [4.78, 5) is 13.9. The van der Waals surface area contributed by atoms with E-state index in [-0.39, 0.29) is 0 Å². The van der Waals surface area contributed by atoms with Crippen LogP contribution in [0.4, 0.5) is 0 Å². The molecule has 0 saturated heterocycles. The van der Waals surface area contributed by atoms with Crippen LogP contribution in [0.2, 0.25) is 0 Å². The van der Waals surface area contributed by atoms with Gasteiger partial charge in [-0.25, -0.2) is 9.97 Å². The lowest BCUT2D eigenvalue weighted by Crippen LogP contribution is -2.01. The van der Waals surface area contributed by atoms with E-state index in [0.717, 1.165) is 33.6 Å². The Labute approximate surface area is 218 Å². The third-order valence-corrected chi connectivity index (χ3v) is 7.29. The molecule has 0 aliphatic rings. The van der Waals surface area contributed by atoms with Crippen LogP contribution in [0.3, 0.4) is 0 Å². The summed E-state index contributed by atoms with van der Waals surface area (Å²) in [6.45, 7) is 0. The fraction of sp³-hybridized carbons (Fsp3) is 0. The molecule has 0 radical (unpaired) electrons. The highest BCUT2D eigenvalue weighted by atomic mass is 15.1. The van der Waals surface area contributed by atoms with Gasteiger partial charge in [-0.1, -0.05) is 54.6 Å². The molecule has 0 aliphatic heterocycles. The van der Waals surface area contributed by atoms with E-state index in [2.05, 4.69) is 104 Å². The molecule has 0 fully saturated rings. The van der Waals surface area contributed by atoms with Crippen LogP contribution in [-0.4, -0.2) is 24.1 Å². The van der Waals surface area contributed by atoms with Gasteiger partial charge in [-0.15, -0.1) is 0 Å². The molecule has 8 aromatic rings. The van der Waals surface area contributed by atoms with E-state index >= 15 is 0 Å². The van der Waals surface area contributed by atoms with Crippen LogP contribution >= 0.6 is 0 Å². The minimum absolute atomic E-state index is 0.652. The first-order valence-electron chi connectivity index (χ1n) is 12.6. The van der Waals surface area contributed by atoms with Crippen molar-refractivity contribution in [3.63, 3.8) is 0 Å². The highest BCUT2D eigenvalue weighted by Crippen LogP contribution is 2.38. The number of aromatic nitrogens is 5. The van der Waals surface area contributed by atoms with Crippen molar-refractivity contribution in [1.82, 2.24) is 24.1 Å². The van der Waals surface area contributed by atoms with E-state index in [9.17, 15) is 0 Å². The summed E-state index contributed by atoms with van der Waals surface area (Å²) in [7, 11) is 0. The summed E-state index contributed by atoms with van der Waals surface area (Å²) in [5.74, 6) is 1.48. The van der Waals surface area contributed by atoms with Gasteiger partial charge in [0, 0.05) is 57.6 Å². The molecule has 0 bridgehead atoms. The van der Waals surface area contributed by atoms with Gasteiger partial charge in [0.15, 0.2) is 5.82 Å². The maximum atomic E-state index is 5.05. The Bertz CT molecular complexity index is 2120. The van der Waals surface area contributed by atoms with E-state index < -0.39 is 0 Å². The number of fused-ring (bicyclic) bond motifs is 6. The first kappa shape index (κ1) is 20.9. The molecule has 4 aromatic heterocycles. The van der Waals surface area contributed by atoms with Gasteiger partial charge in [0.1, 0.15) is 5.82 Å². The van der Waals surface area contributed by atoms with Crippen molar-refractivity contribution in [2.24, 2.45) is 0 Å². The van der Waals surface area contributed by atoms with Crippen LogP contribution in [0, 0.1) is 0 Å². The maximum Gasteiger partial charge on any atom is 0.163 e. The Balaban J connectivity index is 1.50. The zero-order valence-electron chi connectivity index (χ0n) is 20.4. The standard InChI is InChI=1S/C33H21N5/c1-2-9-25(10-3-1)37-18-15-23-19-28-27-13-12-22-7-4-5-11-26(22)32(27)38(30(28)20-29(23)37)31-14-17-35-33(36-31)24-8-6-16-34-21-24/h1-21H. The largest absolute Gasteiger partial charge is 0.316 e. The summed E-state index contributed by atoms with van der Waals surface area (Å²) in [5.41, 5.74) is 5.43. The summed E-state index contributed by atoms with van der Waals surface area (Å²) >= 11 is 0. The van der Waals surface area contributed by atoms with Crippen molar-refractivity contribution in [2.45, 2.75) is 0 Å². The fourth-order valence-electron chi connectivity index (χ4n) is 5.57. The molecule has 178 valence electrons. The van der Waals surface area contributed by atoms with Crippen LogP contribution in [0.15, 0.2) is 128 Å². The molecule has 4 aromatic carbocycles. The third-order valence-electron chi connectivity index (χ3n) is 7.29. The van der Waals surface area contributed by atoms with Crippen LogP contribution in [-0.2, 0) is 0 Å². The molecule has 8 rings (SSSR count). The van der Waals surface area contributed by atoms with Crippen LogP contribution in [0.1, 0.15) is 0 Å². The third kappa shape index (κ3) is 3.09. The molecule has 5 heteroatoms. The molecular formula is C33H21N5. The summed E-state index contributed by atoms with van der Waals surface area (Å²) < 4.78 is 4.53. The molecule has 0 spiro atoms. The lowest BCUT2D eigenvalue weighted by atomic mass is 10.1. The molecule has 0 aliphatic carbocycles. The molecule has 0 amide bonds. The Kier molecular flexibility index (Phi) is 4.45. The summed E-state index contributed by atoms with van der Waals surface area (Å²) in [5, 5.41) is 6.00. The van der Waals surface area contributed by atoms with Gasteiger partial charge in [-0.2, -0.15) is 0 Å². The molecule has 0 N–H and O–H groups in total. The first-order chi connectivity index (χ1) is 18.8. The van der Waals surface area contributed by atoms with Crippen molar-refractivity contribution < 1.29 is 0 Å². The normalized spacial score (nSPS) is 11.7. The van der Waals surface area contributed by atoms with E-state index in [4.69, 9.17) is 4.98 Å². The Hall–Kier alpha value is -5.29. The molecule has 0 atom stereocenters. The predicted molar refractivity (Wildman–Crippen MR) is 154 cm³/mol. The minimum atomic E-state index is 0.652. The Morgan fingerprint density at radius 2 is 1.50 bits per heavy atom. The second kappa shape index (κ2) is 8.11. The second-order valence-corrected chi connectivity index (χ2v) is 9.45. The van der Waals surface area contributed by atoms with Crippen molar-refractivity contribution in [3.8, 4) is 22.9 Å². The van der Waals surface area contributed by atoms with E-state index in [1.54, 1.807) is 12.4 Å². The number of nitrogens with zero attached hydrogens (tertiary/aromatic N) is 5. The predicted octanol–water partition coefficient (Wildman–Crippen LogP) is 7.73. The van der Waals surface area contributed by atoms with E-state index in [0.29, 0.717) is 5.82 Å². The van der Waals surface area contributed by atoms with Crippen LogP contribution in [0.25, 0.3) is 66.4 Å². The quantitative estimate of drug-likeness (QED) is 0.256. The maximum absolute atomic E-state index is 5.05. The zero-order chi connectivity index (χ0) is 25.1. The lowest BCUT2D eigenvalue weighted by Gasteiger charge is -2.11. The average Bonchev–Trinajstić information content (AvgIpc) is 3.55. The van der Waals surface area contributed by atoms with Gasteiger partial charge in [-0.3, -0.25) is 9.55 Å². The Morgan fingerprint density at radius 3 is 2.39 bits per heavy atom. The molecule has 38 heavy (non-hydrogen) atoms. The van der Waals surface area contributed by atoms with Crippen molar-refractivity contribution in [1.29, 1.82) is 0 Å². The van der Waals surface area contributed by atoms with Gasteiger partial charge in [0.05, 0.1) is 16.6 Å². The van der Waals surface area contributed by atoms with E-state index in [1.165, 1.54) is 26.9 Å². The van der Waals surface area contributed by atoms with Crippen molar-refractivity contribution >= 4 is 43.5 Å². The van der Waals surface area contributed by atoms with Crippen LogP contribution in [0.5, 0.6) is 0 Å². The summed E-state index contributed by atoms with van der Waals surface area (Å²) in [6.07, 6.45) is 7.54. The molecule has 0 unspecified atom stereocenters. The fourth-order valence-corrected chi connectivity index (χ4v) is 5.57. The second-order valence-electron chi connectivity index (χ2n) is 9.45. The number of hydrogen-bond acceptors (Lipinski definition) is 3. The zero-order valence-corrected chi connectivity index (χ0v) is 20.4. The topological polar surface area (TPSA) is 48.5 Å². The highest BCUT2D eigenvalue weighted by molar-refractivity contribution is 6.20. The summed E-state index contributed by atoms with van der Waals surface area (Å²) in [6, 6.07) is 36.1. The Morgan fingerprint density at radius 1 is 0.605 bits per heavy atom. The minimum Gasteiger partial charge on any atom is -0.316 e. The smallest absolute Gasteiger partial charge is 0.163 e. The first-order valence-corrected chi connectivity index (χ1v) is 12.6. The van der Waals surface area contributed by atoms with Gasteiger partial charge in [0.2, 0.25) is 0 Å². The van der Waals surface area contributed by atoms with E-state index in [1.807, 2.05) is 30.5 Å². The van der Waals surface area contributed by atoms with Crippen molar-refractivity contribution in [2.75, 3.05) is 0 Å². The van der Waals surface area contributed by atoms with Gasteiger partial charge in [0.25, 0.3) is 0 Å². The molecule has 4 heterocycles.